The highest BCUT2D eigenvalue weighted by atomic mass is 35.5. The van der Waals surface area contributed by atoms with E-state index in [4.69, 9.17) is 16.3 Å². The third-order valence-electron chi connectivity index (χ3n) is 5.90. The predicted molar refractivity (Wildman–Crippen MR) is 108 cm³/mol. The molecule has 1 spiro atoms. The van der Waals surface area contributed by atoms with E-state index in [2.05, 4.69) is 9.97 Å². The summed E-state index contributed by atoms with van der Waals surface area (Å²) in [5.74, 6) is 0.642. The van der Waals surface area contributed by atoms with Gasteiger partial charge in [-0.25, -0.2) is 14.8 Å². The van der Waals surface area contributed by atoms with Gasteiger partial charge >= 0.3 is 12.2 Å². The lowest BCUT2D eigenvalue weighted by molar-refractivity contribution is -0.141. The molecule has 2 amide bonds. The molecule has 1 unspecified atom stereocenters. The number of aromatic nitrogens is 2. The number of hydrogen-bond acceptors (Lipinski definition) is 5. The number of nitrogens with zero attached hydrogens (tertiary/aromatic N) is 5. The molecule has 2 aromatic rings. The van der Waals surface area contributed by atoms with Crippen molar-refractivity contribution in [3.63, 3.8) is 0 Å². The molecule has 31 heavy (non-hydrogen) atoms. The van der Waals surface area contributed by atoms with Gasteiger partial charge < -0.3 is 14.5 Å². The van der Waals surface area contributed by atoms with Crippen molar-refractivity contribution >= 4 is 29.3 Å². The van der Waals surface area contributed by atoms with Gasteiger partial charge in [-0.3, -0.25) is 4.90 Å². The third kappa shape index (κ3) is 3.42. The summed E-state index contributed by atoms with van der Waals surface area (Å²) in [4.78, 5) is 26.0. The van der Waals surface area contributed by atoms with E-state index in [1.165, 1.54) is 0 Å². The Morgan fingerprint density at radius 3 is 2.68 bits per heavy atom. The lowest BCUT2D eigenvalue weighted by atomic mass is 9.73. The maximum absolute atomic E-state index is 13.2. The van der Waals surface area contributed by atoms with Gasteiger partial charge in [0, 0.05) is 48.9 Å². The minimum absolute atomic E-state index is 0.0674. The Kier molecular flexibility index (Phi) is 4.47. The van der Waals surface area contributed by atoms with E-state index >= 15 is 0 Å². The van der Waals surface area contributed by atoms with E-state index < -0.39 is 11.9 Å². The number of amides is 2. The number of fused-ring (bicyclic) bond motifs is 1. The SMILES string of the molecule is CC1COc2cc(Cl)ccc2N1C(=O)N1CC2(C1)CN(c1nccc(C(F)(F)F)n1)C2. The van der Waals surface area contributed by atoms with Crippen molar-refractivity contribution in [1.82, 2.24) is 14.9 Å². The van der Waals surface area contributed by atoms with E-state index in [1.807, 2.05) is 6.92 Å². The van der Waals surface area contributed by atoms with Gasteiger partial charge in [0.05, 0.1) is 11.7 Å². The highest BCUT2D eigenvalue weighted by Gasteiger charge is 2.55. The minimum atomic E-state index is -4.50. The smallest absolute Gasteiger partial charge is 0.433 e. The molecule has 11 heteroatoms. The van der Waals surface area contributed by atoms with E-state index in [1.54, 1.807) is 32.9 Å². The Hall–Kier alpha value is -2.75. The molecule has 0 radical (unpaired) electrons. The fourth-order valence-corrected chi connectivity index (χ4v) is 4.59. The van der Waals surface area contributed by atoms with Crippen molar-refractivity contribution < 1.29 is 22.7 Å². The largest absolute Gasteiger partial charge is 0.489 e. The summed E-state index contributed by atoms with van der Waals surface area (Å²) in [5.41, 5.74) is -0.406. The van der Waals surface area contributed by atoms with Gasteiger partial charge in [-0.15, -0.1) is 0 Å². The maximum Gasteiger partial charge on any atom is 0.433 e. The molecule has 0 N–H and O–H groups in total. The Morgan fingerprint density at radius 1 is 1.23 bits per heavy atom. The van der Waals surface area contributed by atoms with E-state index in [0.29, 0.717) is 49.2 Å². The summed E-state index contributed by atoms with van der Waals surface area (Å²) < 4.78 is 44.4. The molecule has 1 aromatic carbocycles. The number of rotatable bonds is 1. The van der Waals surface area contributed by atoms with Crippen molar-refractivity contribution in [3.05, 3.63) is 41.2 Å². The monoisotopic (exact) mass is 453 g/mol. The normalized spacial score (nSPS) is 21.8. The molecule has 7 nitrogen and oxygen atoms in total. The van der Waals surface area contributed by atoms with Crippen LogP contribution in [0.25, 0.3) is 0 Å². The highest BCUT2D eigenvalue weighted by Crippen LogP contribution is 2.43. The molecule has 0 bridgehead atoms. The molecule has 0 aliphatic carbocycles. The number of urea groups is 1. The quantitative estimate of drug-likeness (QED) is 0.659. The average molecular weight is 454 g/mol. The zero-order chi connectivity index (χ0) is 22.0. The number of carbonyl (C=O) groups excluding carboxylic acids is 1. The number of ether oxygens (including phenoxy) is 1. The molecule has 3 aliphatic rings. The van der Waals surface area contributed by atoms with Gasteiger partial charge in [0.25, 0.3) is 0 Å². The van der Waals surface area contributed by atoms with Crippen molar-refractivity contribution in [2.45, 2.75) is 19.1 Å². The Balaban J connectivity index is 1.24. The van der Waals surface area contributed by atoms with E-state index in [-0.39, 0.29) is 23.4 Å². The van der Waals surface area contributed by atoms with Crippen molar-refractivity contribution in [1.29, 1.82) is 0 Å². The van der Waals surface area contributed by atoms with Gasteiger partial charge in [0.15, 0.2) is 0 Å². The topological polar surface area (TPSA) is 61.8 Å². The van der Waals surface area contributed by atoms with Crippen LogP contribution in [0, 0.1) is 5.41 Å². The summed E-state index contributed by atoms with van der Waals surface area (Å²) in [6, 6.07) is 5.81. The number of alkyl halides is 3. The average Bonchev–Trinajstić information content (AvgIpc) is 2.65. The van der Waals surface area contributed by atoms with Gasteiger partial charge in [-0.2, -0.15) is 13.2 Å². The van der Waals surface area contributed by atoms with E-state index in [0.717, 1.165) is 12.3 Å². The number of halogens is 4. The number of hydrogen-bond donors (Lipinski definition) is 0. The van der Waals surface area contributed by atoms with Crippen molar-refractivity contribution in [2.24, 2.45) is 5.41 Å². The Labute approximate surface area is 181 Å². The maximum atomic E-state index is 13.2. The second-order valence-corrected chi connectivity index (χ2v) is 8.81. The molecule has 0 saturated carbocycles. The first-order valence-electron chi connectivity index (χ1n) is 9.81. The summed E-state index contributed by atoms with van der Waals surface area (Å²) in [5, 5.41) is 0.537. The fourth-order valence-electron chi connectivity index (χ4n) is 4.43. The van der Waals surface area contributed by atoms with Crippen LogP contribution in [0.2, 0.25) is 5.02 Å². The molecule has 4 heterocycles. The van der Waals surface area contributed by atoms with Crippen LogP contribution >= 0.6 is 11.6 Å². The first kappa shape index (κ1) is 20.2. The van der Waals surface area contributed by atoms with Gasteiger partial charge in [0.2, 0.25) is 5.95 Å². The molecule has 164 valence electrons. The second kappa shape index (κ2) is 6.88. The number of anilines is 2. The van der Waals surface area contributed by atoms with Gasteiger partial charge in [0.1, 0.15) is 18.1 Å². The Morgan fingerprint density at radius 2 is 1.97 bits per heavy atom. The predicted octanol–water partition coefficient (Wildman–Crippen LogP) is 3.68. The summed E-state index contributed by atoms with van der Waals surface area (Å²) in [6.07, 6.45) is -3.38. The lowest BCUT2D eigenvalue weighted by Crippen LogP contribution is -2.74. The molecule has 3 aliphatic heterocycles. The molecule has 1 atom stereocenters. The zero-order valence-electron chi connectivity index (χ0n) is 16.6. The van der Waals surface area contributed by atoms with E-state index in [9.17, 15) is 18.0 Å². The molecule has 1 aromatic heterocycles. The third-order valence-corrected chi connectivity index (χ3v) is 6.14. The van der Waals surface area contributed by atoms with Crippen molar-refractivity contribution in [2.75, 3.05) is 42.6 Å². The van der Waals surface area contributed by atoms with Crippen LogP contribution in [-0.4, -0.2) is 59.7 Å². The summed E-state index contributed by atoms with van der Waals surface area (Å²) in [7, 11) is 0. The van der Waals surface area contributed by atoms with Crippen LogP contribution in [0.3, 0.4) is 0 Å². The highest BCUT2D eigenvalue weighted by molar-refractivity contribution is 6.30. The molecular weight excluding hydrogens is 435 g/mol. The Bertz CT molecular complexity index is 1040. The van der Waals surface area contributed by atoms with Gasteiger partial charge in [-0.1, -0.05) is 11.6 Å². The molecular formula is C20H19ClF3N5O2. The van der Waals surface area contributed by atoms with Crippen LogP contribution < -0.4 is 14.5 Å². The van der Waals surface area contributed by atoms with Crippen LogP contribution in [0.4, 0.5) is 29.6 Å². The van der Waals surface area contributed by atoms with Crippen molar-refractivity contribution in [3.8, 4) is 5.75 Å². The van der Waals surface area contributed by atoms with Crippen LogP contribution in [0.1, 0.15) is 12.6 Å². The molecule has 2 fully saturated rings. The first-order valence-corrected chi connectivity index (χ1v) is 10.2. The molecule has 2 saturated heterocycles. The van der Waals surface area contributed by atoms with Crippen LogP contribution in [0.15, 0.2) is 30.5 Å². The van der Waals surface area contributed by atoms with Crippen LogP contribution in [0.5, 0.6) is 5.75 Å². The number of benzene rings is 1. The van der Waals surface area contributed by atoms with Gasteiger partial charge in [-0.05, 0) is 25.1 Å². The summed E-state index contributed by atoms with van der Waals surface area (Å²) >= 11 is 6.03. The zero-order valence-corrected chi connectivity index (χ0v) is 17.3. The first-order chi connectivity index (χ1) is 14.7. The second-order valence-electron chi connectivity index (χ2n) is 8.38. The summed E-state index contributed by atoms with van der Waals surface area (Å²) in [6.45, 7) is 4.40. The standard InChI is InChI=1S/C20H19ClF3N5O2/c1-12-7-31-15-6-13(21)2-3-14(15)29(12)18(30)28-10-19(11-28)8-27(9-19)17-25-5-4-16(26-17)20(22,23)24/h2-6,12H,7-11H2,1H3. The number of carbonyl (C=O) groups is 1. The lowest BCUT2D eigenvalue weighted by Gasteiger charge is -2.60. The van der Waals surface area contributed by atoms with Crippen LogP contribution in [-0.2, 0) is 6.18 Å². The molecule has 5 rings (SSSR count). The minimum Gasteiger partial charge on any atom is -0.489 e. The number of likely N-dealkylation sites (tertiary alicyclic amines) is 1. The fraction of sp³-hybridized carbons (Fsp3) is 0.450.